The largest absolute Gasteiger partial charge is 0.337 e. The molecule has 2 rings (SSSR count). The molecule has 0 atom stereocenters. The molecule has 6 heteroatoms. The van der Waals surface area contributed by atoms with Crippen molar-refractivity contribution >= 4 is 17.5 Å². The fraction of sp³-hybridized carbons (Fsp3) is 0.368. The first kappa shape index (κ1) is 18.4. The summed E-state index contributed by atoms with van der Waals surface area (Å²) in [5, 5.41) is 12.2. The molecule has 0 fully saturated rings. The number of benzene rings is 1. The van der Waals surface area contributed by atoms with Gasteiger partial charge in [-0.15, -0.1) is 0 Å². The summed E-state index contributed by atoms with van der Waals surface area (Å²) in [5.74, 6) is 0.227. The van der Waals surface area contributed by atoms with Crippen LogP contribution in [0.4, 0.5) is 11.6 Å². The van der Waals surface area contributed by atoms with Crippen molar-refractivity contribution in [2.75, 3.05) is 18.4 Å². The van der Waals surface area contributed by atoms with Gasteiger partial charge in [-0.3, -0.25) is 4.79 Å². The second-order valence-corrected chi connectivity index (χ2v) is 5.79. The lowest BCUT2D eigenvalue weighted by atomic mass is 10.2. The number of carbonyl (C=O) groups excluding carboxylic acids is 1. The van der Waals surface area contributed by atoms with Crippen molar-refractivity contribution < 1.29 is 4.79 Å². The Labute approximate surface area is 148 Å². The van der Waals surface area contributed by atoms with E-state index in [9.17, 15) is 10.1 Å². The maximum Gasteiger partial charge on any atom is 0.272 e. The Hall–Kier alpha value is -2.94. The van der Waals surface area contributed by atoms with Crippen molar-refractivity contribution in [3.8, 4) is 6.07 Å². The molecule has 0 aliphatic heterocycles. The summed E-state index contributed by atoms with van der Waals surface area (Å²) in [7, 11) is 0. The van der Waals surface area contributed by atoms with Gasteiger partial charge in [0.15, 0.2) is 0 Å². The van der Waals surface area contributed by atoms with E-state index in [1.165, 1.54) is 0 Å². The monoisotopic (exact) mass is 337 g/mol. The van der Waals surface area contributed by atoms with E-state index < -0.39 is 0 Å². The highest BCUT2D eigenvalue weighted by Crippen LogP contribution is 2.18. The number of aryl methyl sites for hydroxylation is 1. The van der Waals surface area contributed by atoms with E-state index in [1.54, 1.807) is 24.3 Å². The molecule has 1 heterocycles. The molecule has 130 valence electrons. The number of nitrogens with zero attached hydrogens (tertiary/aromatic N) is 4. The minimum atomic E-state index is -0.0918. The Bertz CT molecular complexity index is 776. The third kappa shape index (κ3) is 4.77. The standard InChI is InChI=1S/C19H23N5O/c1-4-10-24(11-5-2)18(25)17-12-14(3)21-19(23-17)22-16-9-7-6-8-15(16)13-20/h6-9,12H,4-5,10-11H2,1-3H3,(H,21,22,23). The van der Waals surface area contributed by atoms with E-state index in [2.05, 4.69) is 21.4 Å². The van der Waals surface area contributed by atoms with Crippen LogP contribution in [0.25, 0.3) is 0 Å². The van der Waals surface area contributed by atoms with E-state index in [0.717, 1.165) is 12.8 Å². The first-order valence-corrected chi connectivity index (χ1v) is 8.50. The smallest absolute Gasteiger partial charge is 0.272 e. The highest BCUT2D eigenvalue weighted by Gasteiger charge is 2.17. The number of para-hydroxylation sites is 1. The highest BCUT2D eigenvalue weighted by atomic mass is 16.2. The second-order valence-electron chi connectivity index (χ2n) is 5.79. The van der Waals surface area contributed by atoms with Gasteiger partial charge in [-0.1, -0.05) is 26.0 Å². The molecule has 0 spiro atoms. The number of rotatable bonds is 7. The lowest BCUT2D eigenvalue weighted by Crippen LogP contribution is -2.33. The number of nitrogens with one attached hydrogen (secondary N) is 1. The molecule has 0 saturated heterocycles. The van der Waals surface area contributed by atoms with E-state index in [0.29, 0.717) is 41.7 Å². The number of hydrogen-bond acceptors (Lipinski definition) is 5. The van der Waals surface area contributed by atoms with Gasteiger partial charge in [0, 0.05) is 18.8 Å². The van der Waals surface area contributed by atoms with Gasteiger partial charge in [-0.25, -0.2) is 9.97 Å². The molecule has 6 nitrogen and oxygen atoms in total. The minimum absolute atomic E-state index is 0.0918. The van der Waals surface area contributed by atoms with Crippen LogP contribution < -0.4 is 5.32 Å². The van der Waals surface area contributed by atoms with Crippen molar-refractivity contribution in [1.29, 1.82) is 5.26 Å². The van der Waals surface area contributed by atoms with Gasteiger partial charge in [0.05, 0.1) is 11.3 Å². The number of carbonyl (C=O) groups is 1. The quantitative estimate of drug-likeness (QED) is 0.833. The van der Waals surface area contributed by atoms with Crippen LogP contribution in [0.15, 0.2) is 30.3 Å². The van der Waals surface area contributed by atoms with Crippen molar-refractivity contribution in [3.63, 3.8) is 0 Å². The zero-order valence-electron chi connectivity index (χ0n) is 14.9. The van der Waals surface area contributed by atoms with Crippen LogP contribution in [0.5, 0.6) is 0 Å². The van der Waals surface area contributed by atoms with Crippen LogP contribution in [-0.2, 0) is 0 Å². The van der Waals surface area contributed by atoms with E-state index in [1.807, 2.05) is 31.7 Å². The van der Waals surface area contributed by atoms with Gasteiger partial charge in [0.25, 0.3) is 5.91 Å². The van der Waals surface area contributed by atoms with Gasteiger partial charge < -0.3 is 10.2 Å². The summed E-state index contributed by atoms with van der Waals surface area (Å²) in [6.07, 6.45) is 1.80. The molecule has 1 aromatic heterocycles. The summed E-state index contributed by atoms with van der Waals surface area (Å²) in [5.41, 5.74) is 2.18. The molecule has 0 aliphatic carbocycles. The van der Waals surface area contributed by atoms with Gasteiger partial charge in [0.1, 0.15) is 11.8 Å². The zero-order valence-corrected chi connectivity index (χ0v) is 14.9. The van der Waals surface area contributed by atoms with Gasteiger partial charge >= 0.3 is 0 Å². The third-order valence-electron chi connectivity index (χ3n) is 3.64. The highest BCUT2D eigenvalue weighted by molar-refractivity contribution is 5.92. The number of anilines is 2. The molecular formula is C19H23N5O. The predicted molar refractivity (Wildman–Crippen MR) is 97.7 cm³/mol. The number of aromatic nitrogens is 2. The van der Waals surface area contributed by atoms with E-state index in [-0.39, 0.29) is 5.91 Å². The maximum absolute atomic E-state index is 12.8. The first-order chi connectivity index (χ1) is 12.1. The minimum Gasteiger partial charge on any atom is -0.337 e. The van der Waals surface area contributed by atoms with Crippen molar-refractivity contribution in [3.05, 3.63) is 47.3 Å². The fourth-order valence-corrected chi connectivity index (χ4v) is 2.56. The van der Waals surface area contributed by atoms with Crippen LogP contribution >= 0.6 is 0 Å². The molecule has 1 N–H and O–H groups in total. The van der Waals surface area contributed by atoms with Gasteiger partial charge in [0.2, 0.25) is 5.95 Å². The topological polar surface area (TPSA) is 81.9 Å². The Morgan fingerprint density at radius 2 is 1.88 bits per heavy atom. The maximum atomic E-state index is 12.8. The third-order valence-corrected chi connectivity index (χ3v) is 3.64. The molecule has 0 aliphatic rings. The SMILES string of the molecule is CCCN(CCC)C(=O)c1cc(C)nc(Nc2ccccc2C#N)n1. The predicted octanol–water partition coefficient (Wildman–Crippen LogP) is 3.66. The molecule has 0 saturated carbocycles. The summed E-state index contributed by atoms with van der Waals surface area (Å²) >= 11 is 0. The van der Waals surface area contributed by atoms with Crippen molar-refractivity contribution in [2.24, 2.45) is 0 Å². The number of hydrogen-bond donors (Lipinski definition) is 1. The zero-order chi connectivity index (χ0) is 18.2. The molecule has 0 radical (unpaired) electrons. The Morgan fingerprint density at radius 3 is 2.52 bits per heavy atom. The molecule has 2 aromatic rings. The van der Waals surface area contributed by atoms with Crippen LogP contribution in [0, 0.1) is 18.3 Å². The van der Waals surface area contributed by atoms with E-state index >= 15 is 0 Å². The van der Waals surface area contributed by atoms with Gasteiger partial charge in [-0.2, -0.15) is 5.26 Å². The number of nitriles is 1. The van der Waals surface area contributed by atoms with Crippen LogP contribution in [-0.4, -0.2) is 33.9 Å². The second kappa shape index (κ2) is 8.78. The van der Waals surface area contributed by atoms with Gasteiger partial charge in [-0.05, 0) is 38.0 Å². The van der Waals surface area contributed by atoms with Crippen LogP contribution in [0.3, 0.4) is 0 Å². The summed E-state index contributed by atoms with van der Waals surface area (Å²) in [4.78, 5) is 23.3. The fourth-order valence-electron chi connectivity index (χ4n) is 2.56. The molecule has 0 unspecified atom stereocenters. The Balaban J connectivity index is 2.31. The average Bonchev–Trinajstić information content (AvgIpc) is 2.61. The summed E-state index contributed by atoms with van der Waals surface area (Å²) < 4.78 is 0. The van der Waals surface area contributed by atoms with Crippen LogP contribution in [0.2, 0.25) is 0 Å². The lowest BCUT2D eigenvalue weighted by molar-refractivity contribution is 0.0749. The molecular weight excluding hydrogens is 314 g/mol. The van der Waals surface area contributed by atoms with Crippen LogP contribution in [0.1, 0.15) is 48.4 Å². The van der Waals surface area contributed by atoms with Crippen molar-refractivity contribution in [2.45, 2.75) is 33.6 Å². The molecule has 1 amide bonds. The summed E-state index contributed by atoms with van der Waals surface area (Å²) in [6.45, 7) is 7.33. The number of amides is 1. The molecule has 25 heavy (non-hydrogen) atoms. The molecule has 1 aromatic carbocycles. The Morgan fingerprint density at radius 1 is 1.20 bits per heavy atom. The first-order valence-electron chi connectivity index (χ1n) is 8.50. The van der Waals surface area contributed by atoms with Crippen molar-refractivity contribution in [1.82, 2.24) is 14.9 Å². The Kier molecular flexibility index (Phi) is 6.47. The average molecular weight is 337 g/mol. The lowest BCUT2D eigenvalue weighted by Gasteiger charge is -2.21. The molecule has 0 bridgehead atoms. The van der Waals surface area contributed by atoms with E-state index in [4.69, 9.17) is 0 Å². The summed E-state index contributed by atoms with van der Waals surface area (Å²) in [6, 6.07) is 10.9. The normalized spacial score (nSPS) is 10.2.